The molecule has 17 heavy (non-hydrogen) atoms. The molecule has 1 atom stereocenters. The van der Waals surface area contributed by atoms with Crippen molar-refractivity contribution in [2.45, 2.75) is 58.5 Å². The Kier molecular flexibility index (Phi) is 9.90. The first-order chi connectivity index (χ1) is 8.18. The fourth-order valence-electron chi connectivity index (χ4n) is 1.57. The molecule has 0 bridgehead atoms. The van der Waals surface area contributed by atoms with Crippen LogP contribution in [-0.2, 0) is 4.74 Å². The Balaban J connectivity index is 3.82. The first-order valence-corrected chi connectivity index (χ1v) is 6.53. The van der Waals surface area contributed by atoms with Gasteiger partial charge in [0, 0.05) is 0 Å². The summed E-state index contributed by atoms with van der Waals surface area (Å²) in [5.41, 5.74) is -0.586. The second kappa shape index (κ2) is 10.4. The lowest BCUT2D eigenvalue weighted by Crippen LogP contribution is -2.29. The van der Waals surface area contributed by atoms with Crippen molar-refractivity contribution in [2.24, 2.45) is 0 Å². The quantitative estimate of drug-likeness (QED) is 0.379. The average molecular weight is 238 g/mol. The van der Waals surface area contributed by atoms with Gasteiger partial charge in [-0.05, 0) is 39.0 Å². The molecule has 0 rings (SSSR count). The zero-order valence-corrected chi connectivity index (χ0v) is 11.5. The highest BCUT2D eigenvalue weighted by Gasteiger charge is 2.23. The molecule has 1 unspecified atom stereocenters. The lowest BCUT2D eigenvalue weighted by atomic mass is 9.91. The van der Waals surface area contributed by atoms with Crippen LogP contribution in [0.1, 0.15) is 52.9 Å². The molecule has 2 heteroatoms. The molecule has 98 valence electrons. The van der Waals surface area contributed by atoms with Gasteiger partial charge in [-0.2, -0.15) is 0 Å². The molecule has 1 N–H and O–H groups in total. The zero-order valence-electron chi connectivity index (χ0n) is 11.5. The number of hydrogen-bond donors (Lipinski definition) is 1. The Morgan fingerprint density at radius 1 is 1.24 bits per heavy atom. The Bertz CT molecular complexity index is 260. The van der Waals surface area contributed by atoms with E-state index in [-0.39, 0.29) is 0 Å². The topological polar surface area (TPSA) is 29.5 Å². The van der Waals surface area contributed by atoms with Crippen molar-refractivity contribution in [1.82, 2.24) is 0 Å². The molecule has 0 heterocycles. The molecule has 0 aromatic heterocycles. The zero-order chi connectivity index (χ0) is 13.0. The maximum absolute atomic E-state index is 10.3. The summed E-state index contributed by atoms with van der Waals surface area (Å²) in [7, 11) is 0. The van der Waals surface area contributed by atoms with E-state index in [0.717, 1.165) is 25.7 Å². The van der Waals surface area contributed by atoms with E-state index >= 15 is 0 Å². The molecular formula is C15H26O2. The molecule has 0 aliphatic heterocycles. The van der Waals surface area contributed by atoms with E-state index in [1.807, 2.05) is 6.92 Å². The molecule has 0 saturated carbocycles. The van der Waals surface area contributed by atoms with Gasteiger partial charge >= 0.3 is 0 Å². The average Bonchev–Trinajstić information content (AvgIpc) is 2.34. The predicted octanol–water partition coefficient (Wildman–Crippen LogP) is 3.30. The number of aliphatic hydroxyl groups is 1. The molecule has 0 aliphatic carbocycles. The van der Waals surface area contributed by atoms with Crippen molar-refractivity contribution < 1.29 is 9.84 Å². The van der Waals surface area contributed by atoms with Gasteiger partial charge in [0.1, 0.15) is 6.61 Å². The van der Waals surface area contributed by atoms with E-state index in [2.05, 4.69) is 30.9 Å². The van der Waals surface area contributed by atoms with Crippen LogP contribution in [0.2, 0.25) is 0 Å². The maximum atomic E-state index is 10.3. The first kappa shape index (κ1) is 16.2. The molecule has 0 radical (unpaired) electrons. The van der Waals surface area contributed by atoms with Gasteiger partial charge in [-0.1, -0.05) is 31.9 Å². The molecule has 0 saturated heterocycles. The van der Waals surface area contributed by atoms with E-state index < -0.39 is 5.60 Å². The van der Waals surface area contributed by atoms with Gasteiger partial charge in [-0.15, -0.1) is 5.92 Å². The van der Waals surface area contributed by atoms with Crippen LogP contribution in [0, 0.1) is 11.8 Å². The van der Waals surface area contributed by atoms with Crippen molar-refractivity contribution in [2.75, 3.05) is 13.2 Å². The van der Waals surface area contributed by atoms with Crippen molar-refractivity contribution in [3.8, 4) is 11.8 Å². The number of rotatable bonds is 9. The maximum Gasteiger partial charge on any atom is 0.107 e. The predicted molar refractivity (Wildman–Crippen MR) is 72.8 cm³/mol. The number of allylic oxidation sites excluding steroid dienone is 2. The minimum absolute atomic E-state index is 0.464. The second-order valence-electron chi connectivity index (χ2n) is 4.23. The SMILES string of the molecule is CC#CCOCCC(O)(CC)CC/C=C/CC. The molecule has 0 spiro atoms. The molecular weight excluding hydrogens is 212 g/mol. The molecule has 2 nitrogen and oxygen atoms in total. The minimum atomic E-state index is -0.586. The van der Waals surface area contributed by atoms with E-state index in [1.54, 1.807) is 6.92 Å². The lowest BCUT2D eigenvalue weighted by Gasteiger charge is -2.26. The number of hydrogen-bond acceptors (Lipinski definition) is 2. The molecule has 0 aliphatic rings. The largest absolute Gasteiger partial charge is 0.390 e. The Hall–Kier alpha value is -0.780. The summed E-state index contributed by atoms with van der Waals surface area (Å²) in [6.45, 7) is 6.98. The van der Waals surface area contributed by atoms with Gasteiger partial charge in [0.2, 0.25) is 0 Å². The van der Waals surface area contributed by atoms with Crippen molar-refractivity contribution >= 4 is 0 Å². The molecule has 0 amide bonds. The summed E-state index contributed by atoms with van der Waals surface area (Å²) in [6.07, 6.45) is 8.55. The van der Waals surface area contributed by atoms with E-state index in [4.69, 9.17) is 4.74 Å². The van der Waals surface area contributed by atoms with Gasteiger partial charge in [0.15, 0.2) is 0 Å². The monoisotopic (exact) mass is 238 g/mol. The summed E-state index contributed by atoms with van der Waals surface area (Å²) in [5.74, 6) is 5.63. The van der Waals surface area contributed by atoms with Crippen LogP contribution >= 0.6 is 0 Å². The summed E-state index contributed by atoms with van der Waals surface area (Å²) >= 11 is 0. The van der Waals surface area contributed by atoms with Crippen LogP contribution in [-0.4, -0.2) is 23.9 Å². The molecule has 0 aromatic carbocycles. The second-order valence-corrected chi connectivity index (χ2v) is 4.23. The summed E-state index contributed by atoms with van der Waals surface area (Å²) in [6, 6.07) is 0. The summed E-state index contributed by atoms with van der Waals surface area (Å²) in [5, 5.41) is 10.3. The van der Waals surface area contributed by atoms with Crippen LogP contribution < -0.4 is 0 Å². The van der Waals surface area contributed by atoms with Crippen LogP contribution in [0.15, 0.2) is 12.2 Å². The Morgan fingerprint density at radius 2 is 2.00 bits per heavy atom. The van der Waals surface area contributed by atoms with Gasteiger partial charge in [0.05, 0.1) is 12.2 Å². The molecule has 0 fully saturated rings. The van der Waals surface area contributed by atoms with Crippen LogP contribution in [0.4, 0.5) is 0 Å². The standard InChI is InChI=1S/C15H26O2/c1-4-7-9-10-11-15(16,6-3)12-14-17-13-8-5-2/h7,9,16H,4,6,10-14H2,1-3H3/b9-7+. The van der Waals surface area contributed by atoms with E-state index in [0.29, 0.717) is 19.6 Å². The Labute approximate surface area is 106 Å². The lowest BCUT2D eigenvalue weighted by molar-refractivity contribution is -0.00492. The van der Waals surface area contributed by atoms with Gasteiger partial charge in [-0.3, -0.25) is 0 Å². The smallest absolute Gasteiger partial charge is 0.107 e. The highest BCUT2D eigenvalue weighted by molar-refractivity contribution is 4.94. The van der Waals surface area contributed by atoms with Crippen LogP contribution in [0.3, 0.4) is 0 Å². The Morgan fingerprint density at radius 3 is 2.59 bits per heavy atom. The van der Waals surface area contributed by atoms with Crippen molar-refractivity contribution in [3.05, 3.63) is 12.2 Å². The van der Waals surface area contributed by atoms with Crippen molar-refractivity contribution in [1.29, 1.82) is 0 Å². The van der Waals surface area contributed by atoms with Gasteiger partial charge in [-0.25, -0.2) is 0 Å². The van der Waals surface area contributed by atoms with E-state index in [9.17, 15) is 5.11 Å². The number of ether oxygens (including phenoxy) is 1. The normalized spacial score (nSPS) is 14.4. The highest BCUT2D eigenvalue weighted by Crippen LogP contribution is 2.21. The third kappa shape index (κ3) is 8.97. The van der Waals surface area contributed by atoms with Crippen LogP contribution in [0.5, 0.6) is 0 Å². The minimum Gasteiger partial charge on any atom is -0.390 e. The van der Waals surface area contributed by atoms with E-state index in [1.165, 1.54) is 0 Å². The van der Waals surface area contributed by atoms with Gasteiger partial charge < -0.3 is 9.84 Å². The fourth-order valence-corrected chi connectivity index (χ4v) is 1.57. The summed E-state index contributed by atoms with van der Waals surface area (Å²) in [4.78, 5) is 0. The third-order valence-electron chi connectivity index (χ3n) is 2.90. The first-order valence-electron chi connectivity index (χ1n) is 6.53. The van der Waals surface area contributed by atoms with Gasteiger partial charge in [0.25, 0.3) is 0 Å². The summed E-state index contributed by atoms with van der Waals surface area (Å²) < 4.78 is 5.35. The highest BCUT2D eigenvalue weighted by atomic mass is 16.5. The van der Waals surface area contributed by atoms with Crippen LogP contribution in [0.25, 0.3) is 0 Å². The fraction of sp³-hybridized carbons (Fsp3) is 0.733. The molecule has 0 aromatic rings. The van der Waals surface area contributed by atoms with Crippen molar-refractivity contribution in [3.63, 3.8) is 0 Å². The third-order valence-corrected chi connectivity index (χ3v) is 2.90.